The summed E-state index contributed by atoms with van der Waals surface area (Å²) in [5.74, 6) is -4.33. The van der Waals surface area contributed by atoms with Crippen molar-refractivity contribution in [1.29, 1.82) is 0 Å². The Morgan fingerprint density at radius 2 is 2.12 bits per heavy atom. The van der Waals surface area contributed by atoms with Gasteiger partial charge in [-0.2, -0.15) is 13.2 Å². The molecule has 0 heterocycles. The van der Waals surface area contributed by atoms with Crippen LogP contribution in [0.15, 0.2) is 0 Å². The third-order valence-corrected chi connectivity index (χ3v) is 2.68. The summed E-state index contributed by atoms with van der Waals surface area (Å²) in [6.45, 7) is 1.54. The van der Waals surface area contributed by atoms with Gasteiger partial charge in [0, 0.05) is 12.8 Å². The van der Waals surface area contributed by atoms with E-state index >= 15 is 0 Å². The molecule has 0 aromatic heterocycles. The molecule has 1 aliphatic carbocycles. The Kier molecular flexibility index (Phi) is 3.93. The predicted octanol–water partition coefficient (Wildman–Crippen LogP) is 2.10. The molecule has 16 heavy (non-hydrogen) atoms. The van der Waals surface area contributed by atoms with Crippen LogP contribution >= 0.6 is 0 Å². The summed E-state index contributed by atoms with van der Waals surface area (Å²) in [4.78, 5) is 22.4. The first-order valence-electron chi connectivity index (χ1n) is 5.11. The second-order valence-corrected chi connectivity index (χ2v) is 3.79. The van der Waals surface area contributed by atoms with Gasteiger partial charge >= 0.3 is 12.1 Å². The molecular weight excluding hydrogens is 225 g/mol. The second-order valence-electron chi connectivity index (χ2n) is 3.79. The quantitative estimate of drug-likeness (QED) is 0.692. The van der Waals surface area contributed by atoms with E-state index in [1.807, 2.05) is 0 Å². The van der Waals surface area contributed by atoms with Gasteiger partial charge in [0.05, 0.1) is 18.4 Å². The molecule has 1 fully saturated rings. The monoisotopic (exact) mass is 238 g/mol. The fourth-order valence-electron chi connectivity index (χ4n) is 1.90. The number of carbonyl (C=O) groups is 2. The van der Waals surface area contributed by atoms with Gasteiger partial charge in [0.2, 0.25) is 0 Å². The summed E-state index contributed by atoms with van der Waals surface area (Å²) < 4.78 is 42.4. The third-order valence-electron chi connectivity index (χ3n) is 2.68. The van der Waals surface area contributed by atoms with Crippen LogP contribution in [0.25, 0.3) is 0 Å². The summed E-state index contributed by atoms with van der Waals surface area (Å²) >= 11 is 0. The van der Waals surface area contributed by atoms with E-state index in [0.717, 1.165) is 0 Å². The number of hydrogen-bond donors (Lipinski definition) is 0. The highest BCUT2D eigenvalue weighted by molar-refractivity contribution is 5.86. The Bertz CT molecular complexity index is 286. The third kappa shape index (κ3) is 2.96. The molecule has 1 saturated carbocycles. The topological polar surface area (TPSA) is 43.4 Å². The van der Waals surface area contributed by atoms with Crippen molar-refractivity contribution >= 4 is 11.8 Å². The van der Waals surface area contributed by atoms with Crippen molar-refractivity contribution in [2.75, 3.05) is 6.61 Å². The highest BCUT2D eigenvalue weighted by Crippen LogP contribution is 2.40. The van der Waals surface area contributed by atoms with E-state index in [9.17, 15) is 22.8 Å². The van der Waals surface area contributed by atoms with Crippen molar-refractivity contribution in [2.45, 2.75) is 32.4 Å². The maximum atomic E-state index is 12.6. The molecule has 0 saturated heterocycles. The van der Waals surface area contributed by atoms with E-state index in [0.29, 0.717) is 0 Å². The first kappa shape index (κ1) is 13.0. The van der Waals surface area contributed by atoms with E-state index in [2.05, 4.69) is 4.74 Å². The number of rotatable bonds is 2. The van der Waals surface area contributed by atoms with Crippen LogP contribution in [-0.2, 0) is 14.3 Å². The van der Waals surface area contributed by atoms with E-state index in [1.165, 1.54) is 6.92 Å². The molecule has 0 bridgehead atoms. The largest absolute Gasteiger partial charge is 0.466 e. The second kappa shape index (κ2) is 4.84. The maximum Gasteiger partial charge on any atom is 0.392 e. The summed E-state index contributed by atoms with van der Waals surface area (Å²) in [6.07, 6.45) is -5.23. The van der Waals surface area contributed by atoms with Gasteiger partial charge in [0.1, 0.15) is 5.78 Å². The van der Waals surface area contributed by atoms with Gasteiger partial charge in [0.15, 0.2) is 0 Å². The highest BCUT2D eigenvalue weighted by Gasteiger charge is 2.50. The standard InChI is InChI=1S/C10H13F3O3/c1-2-16-9(15)7-5-6(14)3-4-8(7)10(11,12)13/h7-8H,2-5H2,1H3. The molecule has 6 heteroatoms. The van der Waals surface area contributed by atoms with Crippen molar-refractivity contribution in [3.63, 3.8) is 0 Å². The van der Waals surface area contributed by atoms with E-state index in [4.69, 9.17) is 0 Å². The Morgan fingerprint density at radius 1 is 1.50 bits per heavy atom. The maximum absolute atomic E-state index is 12.6. The van der Waals surface area contributed by atoms with Crippen molar-refractivity contribution in [1.82, 2.24) is 0 Å². The van der Waals surface area contributed by atoms with E-state index < -0.39 is 24.0 Å². The summed E-state index contributed by atoms with van der Waals surface area (Å²) in [5, 5.41) is 0. The molecule has 0 aromatic carbocycles. The van der Waals surface area contributed by atoms with Crippen LogP contribution in [0.4, 0.5) is 13.2 Å². The minimum atomic E-state index is -4.45. The lowest BCUT2D eigenvalue weighted by Crippen LogP contribution is -2.40. The van der Waals surface area contributed by atoms with Crippen molar-refractivity contribution < 1.29 is 27.5 Å². The lowest BCUT2D eigenvalue weighted by molar-refractivity contribution is -0.204. The number of esters is 1. The number of hydrogen-bond acceptors (Lipinski definition) is 3. The first-order valence-corrected chi connectivity index (χ1v) is 5.11. The molecule has 3 nitrogen and oxygen atoms in total. The molecule has 92 valence electrons. The van der Waals surface area contributed by atoms with Gasteiger partial charge in [-0.3, -0.25) is 9.59 Å². The Balaban J connectivity index is 2.81. The van der Waals surface area contributed by atoms with Crippen LogP contribution in [0.1, 0.15) is 26.2 Å². The SMILES string of the molecule is CCOC(=O)C1CC(=O)CCC1C(F)(F)F. The molecule has 0 radical (unpaired) electrons. The molecule has 0 aliphatic heterocycles. The highest BCUT2D eigenvalue weighted by atomic mass is 19.4. The van der Waals surface area contributed by atoms with Crippen LogP contribution in [0, 0.1) is 11.8 Å². The van der Waals surface area contributed by atoms with E-state index in [-0.39, 0.29) is 31.7 Å². The number of carbonyl (C=O) groups excluding carboxylic acids is 2. The lowest BCUT2D eigenvalue weighted by Gasteiger charge is -2.30. The smallest absolute Gasteiger partial charge is 0.392 e. The number of alkyl halides is 3. The van der Waals surface area contributed by atoms with Gasteiger partial charge in [-0.25, -0.2) is 0 Å². The van der Waals surface area contributed by atoms with Crippen molar-refractivity contribution in [3.8, 4) is 0 Å². The van der Waals surface area contributed by atoms with Crippen LogP contribution in [-0.4, -0.2) is 24.5 Å². The van der Waals surface area contributed by atoms with Crippen LogP contribution in [0.5, 0.6) is 0 Å². The zero-order valence-corrected chi connectivity index (χ0v) is 8.84. The van der Waals surface area contributed by atoms with Crippen molar-refractivity contribution in [2.24, 2.45) is 11.8 Å². The van der Waals surface area contributed by atoms with Crippen molar-refractivity contribution in [3.05, 3.63) is 0 Å². The molecular formula is C10H13F3O3. The first-order chi connectivity index (χ1) is 7.36. The molecule has 0 amide bonds. The number of ketones is 1. The summed E-state index contributed by atoms with van der Waals surface area (Å²) in [7, 11) is 0. The van der Waals surface area contributed by atoms with Gasteiger partial charge < -0.3 is 4.74 Å². The van der Waals surface area contributed by atoms with Gasteiger partial charge in [0.25, 0.3) is 0 Å². The van der Waals surface area contributed by atoms with Gasteiger partial charge in [-0.05, 0) is 13.3 Å². The number of ether oxygens (including phenoxy) is 1. The van der Waals surface area contributed by atoms with E-state index in [1.54, 1.807) is 0 Å². The van der Waals surface area contributed by atoms with Gasteiger partial charge in [-0.15, -0.1) is 0 Å². The molecule has 2 atom stereocenters. The molecule has 0 spiro atoms. The fraction of sp³-hybridized carbons (Fsp3) is 0.800. The minimum absolute atomic E-state index is 0.0219. The molecule has 1 aliphatic rings. The Hall–Kier alpha value is -1.07. The van der Waals surface area contributed by atoms with Gasteiger partial charge in [-0.1, -0.05) is 0 Å². The number of Topliss-reactive ketones (excluding diaryl/α,β-unsaturated/α-hetero) is 1. The molecule has 2 unspecified atom stereocenters. The summed E-state index contributed by atoms with van der Waals surface area (Å²) in [6, 6.07) is 0. The van der Waals surface area contributed by atoms with Crippen LogP contribution in [0.3, 0.4) is 0 Å². The molecule has 0 N–H and O–H groups in total. The zero-order chi connectivity index (χ0) is 12.3. The summed E-state index contributed by atoms with van der Waals surface area (Å²) in [5.41, 5.74) is 0. The Morgan fingerprint density at radius 3 is 2.62 bits per heavy atom. The molecule has 1 rings (SSSR count). The zero-order valence-electron chi connectivity index (χ0n) is 8.84. The normalized spacial score (nSPS) is 26.6. The average molecular weight is 238 g/mol. The van der Waals surface area contributed by atoms with Crippen LogP contribution in [0.2, 0.25) is 0 Å². The molecule has 0 aromatic rings. The predicted molar refractivity (Wildman–Crippen MR) is 48.5 cm³/mol. The van der Waals surface area contributed by atoms with Crippen LogP contribution < -0.4 is 0 Å². The number of halogens is 3. The minimum Gasteiger partial charge on any atom is -0.466 e. The lowest BCUT2D eigenvalue weighted by atomic mass is 9.78. The average Bonchev–Trinajstić information content (AvgIpc) is 2.16. The Labute approximate surface area is 91.0 Å². The fourth-order valence-corrected chi connectivity index (χ4v) is 1.90.